The van der Waals surface area contributed by atoms with Crippen LogP contribution in [0.3, 0.4) is 0 Å². The van der Waals surface area contributed by atoms with E-state index >= 15 is 0 Å². The molecule has 0 amide bonds. The molecule has 62 valence electrons. The molecule has 0 bridgehead atoms. The van der Waals surface area contributed by atoms with Crippen molar-refractivity contribution in [2.45, 2.75) is 59.2 Å². The summed E-state index contributed by atoms with van der Waals surface area (Å²) in [5.41, 5.74) is 0.105. The van der Waals surface area contributed by atoms with E-state index in [0.29, 0.717) is 6.10 Å². The van der Waals surface area contributed by atoms with Crippen LogP contribution >= 0.6 is 0 Å². The van der Waals surface area contributed by atoms with Gasteiger partial charge >= 0.3 is 0 Å². The van der Waals surface area contributed by atoms with Gasteiger partial charge in [-0.05, 0) is 33.6 Å². The third kappa shape index (κ3) is 3.21. The minimum Gasteiger partial charge on any atom is -0.373 e. The molecule has 0 atom stereocenters. The second kappa shape index (κ2) is 3.97. The molecule has 0 aromatic heterocycles. The monoisotopic (exact) mass is 144 g/mol. The normalized spacial score (nSPS) is 12.6. The second-order valence-corrected chi connectivity index (χ2v) is 3.32. The highest BCUT2D eigenvalue weighted by Gasteiger charge is 2.20. The van der Waals surface area contributed by atoms with Crippen LogP contribution in [0.5, 0.6) is 0 Å². The maximum atomic E-state index is 5.74. The minimum absolute atomic E-state index is 0.105. The summed E-state index contributed by atoms with van der Waals surface area (Å²) in [5, 5.41) is 0. The van der Waals surface area contributed by atoms with Crippen molar-refractivity contribution in [2.24, 2.45) is 0 Å². The lowest BCUT2D eigenvalue weighted by Crippen LogP contribution is -2.29. The average molecular weight is 144 g/mol. The van der Waals surface area contributed by atoms with Crippen LogP contribution in [-0.4, -0.2) is 11.7 Å². The molecule has 1 heteroatoms. The molecule has 0 aromatic carbocycles. The fourth-order valence-electron chi connectivity index (χ4n) is 0.986. The lowest BCUT2D eigenvalue weighted by atomic mass is 10.00. The Morgan fingerprint density at radius 1 is 1.20 bits per heavy atom. The minimum atomic E-state index is 0.105. The summed E-state index contributed by atoms with van der Waals surface area (Å²) in [6, 6.07) is 0. The van der Waals surface area contributed by atoms with E-state index in [4.69, 9.17) is 4.74 Å². The standard InChI is InChI=1S/C9H20O/c1-6-9(5,7-2)10-8(3)4/h8H,6-7H2,1-5H3. The van der Waals surface area contributed by atoms with E-state index < -0.39 is 0 Å². The number of ether oxygens (including phenoxy) is 1. The molecule has 0 N–H and O–H groups in total. The van der Waals surface area contributed by atoms with Crippen LogP contribution in [0, 0.1) is 0 Å². The van der Waals surface area contributed by atoms with Gasteiger partial charge in [-0.2, -0.15) is 0 Å². The zero-order valence-corrected chi connectivity index (χ0v) is 7.90. The first-order chi connectivity index (χ1) is 4.54. The van der Waals surface area contributed by atoms with Crippen molar-refractivity contribution in [2.75, 3.05) is 0 Å². The van der Waals surface area contributed by atoms with Crippen LogP contribution in [0.2, 0.25) is 0 Å². The zero-order valence-electron chi connectivity index (χ0n) is 7.90. The summed E-state index contributed by atoms with van der Waals surface area (Å²) in [5.74, 6) is 0. The summed E-state index contributed by atoms with van der Waals surface area (Å²) < 4.78 is 5.74. The van der Waals surface area contributed by atoms with Gasteiger partial charge in [0.25, 0.3) is 0 Å². The largest absolute Gasteiger partial charge is 0.373 e. The van der Waals surface area contributed by atoms with Crippen LogP contribution in [0.25, 0.3) is 0 Å². The highest BCUT2D eigenvalue weighted by atomic mass is 16.5. The molecule has 0 aliphatic carbocycles. The fourth-order valence-corrected chi connectivity index (χ4v) is 0.986. The van der Waals surface area contributed by atoms with Gasteiger partial charge in [-0.1, -0.05) is 13.8 Å². The van der Waals surface area contributed by atoms with Crippen molar-refractivity contribution in [3.63, 3.8) is 0 Å². The predicted octanol–water partition coefficient (Wildman–Crippen LogP) is 2.99. The number of hydrogen-bond acceptors (Lipinski definition) is 1. The summed E-state index contributed by atoms with van der Waals surface area (Å²) in [7, 11) is 0. The molecular formula is C9H20O. The first-order valence-electron chi connectivity index (χ1n) is 4.22. The Bertz CT molecular complexity index is 82.7. The van der Waals surface area contributed by atoms with Crippen molar-refractivity contribution >= 4 is 0 Å². The Morgan fingerprint density at radius 2 is 1.60 bits per heavy atom. The highest BCUT2D eigenvalue weighted by molar-refractivity contribution is 4.71. The van der Waals surface area contributed by atoms with Gasteiger partial charge in [-0.15, -0.1) is 0 Å². The van der Waals surface area contributed by atoms with Crippen LogP contribution in [-0.2, 0) is 4.74 Å². The van der Waals surface area contributed by atoms with Crippen LogP contribution in [0.4, 0.5) is 0 Å². The van der Waals surface area contributed by atoms with Crippen molar-refractivity contribution in [3.8, 4) is 0 Å². The van der Waals surface area contributed by atoms with E-state index in [1.54, 1.807) is 0 Å². The molecule has 0 radical (unpaired) electrons. The van der Waals surface area contributed by atoms with Gasteiger partial charge in [0.1, 0.15) is 0 Å². The van der Waals surface area contributed by atoms with Gasteiger partial charge in [0.05, 0.1) is 11.7 Å². The molecule has 0 heterocycles. The van der Waals surface area contributed by atoms with Gasteiger partial charge in [0, 0.05) is 0 Å². The maximum absolute atomic E-state index is 5.74. The number of hydrogen-bond donors (Lipinski definition) is 0. The van der Waals surface area contributed by atoms with E-state index in [2.05, 4.69) is 34.6 Å². The van der Waals surface area contributed by atoms with Crippen LogP contribution in [0.1, 0.15) is 47.5 Å². The Labute approximate surface area is 64.8 Å². The first-order valence-corrected chi connectivity index (χ1v) is 4.22. The predicted molar refractivity (Wildman–Crippen MR) is 45.2 cm³/mol. The Kier molecular flexibility index (Phi) is 3.95. The molecule has 0 saturated heterocycles. The molecule has 0 fully saturated rings. The SMILES string of the molecule is CCC(C)(CC)OC(C)C. The Morgan fingerprint density at radius 3 is 1.70 bits per heavy atom. The topological polar surface area (TPSA) is 9.23 Å². The van der Waals surface area contributed by atoms with E-state index in [-0.39, 0.29) is 5.60 Å². The quantitative estimate of drug-likeness (QED) is 0.589. The lowest BCUT2D eigenvalue weighted by Gasteiger charge is -2.29. The lowest BCUT2D eigenvalue weighted by molar-refractivity contribution is -0.0722. The van der Waals surface area contributed by atoms with Crippen molar-refractivity contribution < 1.29 is 4.74 Å². The van der Waals surface area contributed by atoms with E-state index in [1.807, 2.05) is 0 Å². The molecule has 10 heavy (non-hydrogen) atoms. The third-order valence-electron chi connectivity index (χ3n) is 2.02. The average Bonchev–Trinajstić information content (AvgIpc) is 1.87. The van der Waals surface area contributed by atoms with Crippen molar-refractivity contribution in [1.82, 2.24) is 0 Å². The maximum Gasteiger partial charge on any atom is 0.0652 e. The Hall–Kier alpha value is -0.0400. The summed E-state index contributed by atoms with van der Waals surface area (Å²) in [4.78, 5) is 0. The molecule has 0 rings (SSSR count). The first kappa shape index (κ1) is 9.96. The van der Waals surface area contributed by atoms with Crippen LogP contribution < -0.4 is 0 Å². The number of rotatable bonds is 4. The van der Waals surface area contributed by atoms with Gasteiger partial charge in [-0.3, -0.25) is 0 Å². The molecule has 0 spiro atoms. The van der Waals surface area contributed by atoms with E-state index in [9.17, 15) is 0 Å². The van der Waals surface area contributed by atoms with E-state index in [1.165, 1.54) is 0 Å². The third-order valence-corrected chi connectivity index (χ3v) is 2.02. The fraction of sp³-hybridized carbons (Fsp3) is 1.00. The summed E-state index contributed by atoms with van der Waals surface area (Å²) in [6.45, 7) is 10.7. The van der Waals surface area contributed by atoms with Crippen molar-refractivity contribution in [3.05, 3.63) is 0 Å². The molecule has 1 nitrogen and oxygen atoms in total. The molecule has 0 aliphatic rings. The molecular weight excluding hydrogens is 124 g/mol. The summed E-state index contributed by atoms with van der Waals surface area (Å²) in [6.07, 6.45) is 2.55. The summed E-state index contributed by atoms with van der Waals surface area (Å²) >= 11 is 0. The molecule has 0 unspecified atom stereocenters. The van der Waals surface area contributed by atoms with Gasteiger partial charge in [-0.25, -0.2) is 0 Å². The smallest absolute Gasteiger partial charge is 0.0652 e. The Balaban J connectivity index is 3.80. The molecule has 0 saturated carbocycles. The van der Waals surface area contributed by atoms with Gasteiger partial charge in [0.2, 0.25) is 0 Å². The highest BCUT2D eigenvalue weighted by Crippen LogP contribution is 2.20. The van der Waals surface area contributed by atoms with Crippen molar-refractivity contribution in [1.29, 1.82) is 0 Å². The van der Waals surface area contributed by atoms with Crippen LogP contribution in [0.15, 0.2) is 0 Å². The van der Waals surface area contributed by atoms with Gasteiger partial charge in [0.15, 0.2) is 0 Å². The zero-order chi connectivity index (χ0) is 8.20. The molecule has 0 aromatic rings. The van der Waals surface area contributed by atoms with Gasteiger partial charge < -0.3 is 4.74 Å². The molecule has 0 aliphatic heterocycles. The second-order valence-electron chi connectivity index (χ2n) is 3.32. The van der Waals surface area contributed by atoms with E-state index in [0.717, 1.165) is 12.8 Å².